The number of nitrogens with one attached hydrogen (secondary N) is 1. The smallest absolute Gasteiger partial charge is 0.228 e. The van der Waals surface area contributed by atoms with Crippen molar-refractivity contribution in [3.05, 3.63) is 36.0 Å². The lowest BCUT2D eigenvalue weighted by Gasteiger charge is -2.15. The molecule has 0 radical (unpaired) electrons. The molecule has 0 saturated carbocycles. The minimum atomic E-state index is -0.273. The Morgan fingerprint density at radius 1 is 1.25 bits per heavy atom. The van der Waals surface area contributed by atoms with Crippen molar-refractivity contribution < 1.29 is 8.91 Å². The summed E-state index contributed by atoms with van der Waals surface area (Å²) in [5.74, 6) is 1.43. The molecular formula is C15H20FN3O. The highest BCUT2D eigenvalue weighted by molar-refractivity contribution is 5.53. The van der Waals surface area contributed by atoms with E-state index in [4.69, 9.17) is 4.52 Å². The lowest BCUT2D eigenvalue weighted by molar-refractivity contribution is 0.345. The van der Waals surface area contributed by atoms with Crippen molar-refractivity contribution in [3.63, 3.8) is 0 Å². The molecule has 20 heavy (non-hydrogen) atoms. The van der Waals surface area contributed by atoms with Gasteiger partial charge in [-0.1, -0.05) is 19.0 Å². The van der Waals surface area contributed by atoms with Crippen molar-refractivity contribution in [1.82, 2.24) is 15.5 Å². The molecule has 0 fully saturated rings. The lowest BCUT2D eigenvalue weighted by atomic mass is 10.0. The van der Waals surface area contributed by atoms with Crippen LogP contribution in [0.3, 0.4) is 0 Å². The van der Waals surface area contributed by atoms with Crippen molar-refractivity contribution in [1.29, 1.82) is 0 Å². The van der Waals surface area contributed by atoms with Gasteiger partial charge in [0.25, 0.3) is 0 Å². The van der Waals surface area contributed by atoms with E-state index in [0.717, 1.165) is 12.0 Å². The van der Waals surface area contributed by atoms with Crippen LogP contribution < -0.4 is 5.32 Å². The van der Waals surface area contributed by atoms with Crippen LogP contribution in [0, 0.1) is 11.7 Å². The van der Waals surface area contributed by atoms with E-state index in [9.17, 15) is 4.39 Å². The van der Waals surface area contributed by atoms with Crippen LogP contribution in [0.4, 0.5) is 4.39 Å². The average molecular weight is 277 g/mol. The third kappa shape index (κ3) is 3.87. The van der Waals surface area contributed by atoms with Crippen molar-refractivity contribution in [2.45, 2.75) is 32.7 Å². The number of likely N-dealkylation sites (N-methyl/N-ethyl adjacent to an activating group) is 1. The van der Waals surface area contributed by atoms with E-state index < -0.39 is 0 Å². The van der Waals surface area contributed by atoms with Crippen LogP contribution in [0.2, 0.25) is 0 Å². The molecule has 1 aromatic carbocycles. The minimum Gasteiger partial charge on any atom is -0.339 e. The zero-order valence-corrected chi connectivity index (χ0v) is 12.1. The molecule has 0 bridgehead atoms. The van der Waals surface area contributed by atoms with Gasteiger partial charge in [-0.15, -0.1) is 0 Å². The molecule has 0 aliphatic rings. The summed E-state index contributed by atoms with van der Waals surface area (Å²) in [4.78, 5) is 4.36. The molecule has 2 rings (SSSR count). The Morgan fingerprint density at radius 2 is 1.95 bits per heavy atom. The standard InChI is InChI=1S/C15H20FN3O/c1-10(2)8-13(17-3)9-14-18-15(19-20-14)11-4-6-12(16)7-5-11/h4-7,10,13,17H,8-9H2,1-3H3. The topological polar surface area (TPSA) is 51.0 Å². The van der Waals surface area contributed by atoms with Crippen LogP contribution in [0.15, 0.2) is 28.8 Å². The van der Waals surface area contributed by atoms with Gasteiger partial charge in [-0.3, -0.25) is 0 Å². The molecular weight excluding hydrogens is 257 g/mol. The third-order valence-corrected chi connectivity index (χ3v) is 3.16. The Labute approximate surface area is 118 Å². The van der Waals surface area contributed by atoms with E-state index >= 15 is 0 Å². The summed E-state index contributed by atoms with van der Waals surface area (Å²) in [6.45, 7) is 4.37. The van der Waals surface area contributed by atoms with Crippen molar-refractivity contribution in [2.75, 3.05) is 7.05 Å². The average Bonchev–Trinajstić information content (AvgIpc) is 2.87. The van der Waals surface area contributed by atoms with E-state index in [1.165, 1.54) is 12.1 Å². The summed E-state index contributed by atoms with van der Waals surface area (Å²) >= 11 is 0. The summed E-state index contributed by atoms with van der Waals surface area (Å²) in [5.41, 5.74) is 0.756. The molecule has 5 heteroatoms. The predicted molar refractivity (Wildman–Crippen MR) is 75.7 cm³/mol. The number of hydrogen-bond donors (Lipinski definition) is 1. The quantitative estimate of drug-likeness (QED) is 0.881. The molecule has 1 aromatic heterocycles. The summed E-state index contributed by atoms with van der Waals surface area (Å²) in [7, 11) is 1.93. The van der Waals surface area contributed by atoms with Crippen LogP contribution in [0.1, 0.15) is 26.2 Å². The van der Waals surface area contributed by atoms with Crippen LogP contribution in [0.5, 0.6) is 0 Å². The highest BCUT2D eigenvalue weighted by Crippen LogP contribution is 2.17. The molecule has 2 aromatic rings. The molecule has 0 amide bonds. The molecule has 0 spiro atoms. The first-order valence-corrected chi connectivity index (χ1v) is 6.84. The maximum absolute atomic E-state index is 12.9. The van der Waals surface area contributed by atoms with Crippen molar-refractivity contribution >= 4 is 0 Å². The minimum absolute atomic E-state index is 0.273. The van der Waals surface area contributed by atoms with Gasteiger partial charge in [0.05, 0.1) is 0 Å². The molecule has 1 heterocycles. The van der Waals surface area contributed by atoms with Gasteiger partial charge >= 0.3 is 0 Å². The van der Waals surface area contributed by atoms with Crippen molar-refractivity contribution in [2.24, 2.45) is 5.92 Å². The predicted octanol–water partition coefficient (Wildman–Crippen LogP) is 3.05. The number of nitrogens with zero attached hydrogens (tertiary/aromatic N) is 2. The van der Waals surface area contributed by atoms with Gasteiger partial charge in [0, 0.05) is 18.0 Å². The van der Waals surface area contributed by atoms with Gasteiger partial charge in [-0.25, -0.2) is 4.39 Å². The zero-order chi connectivity index (χ0) is 14.5. The molecule has 1 unspecified atom stereocenters. The maximum atomic E-state index is 12.9. The first-order chi connectivity index (χ1) is 9.58. The Morgan fingerprint density at radius 3 is 2.55 bits per heavy atom. The summed E-state index contributed by atoms with van der Waals surface area (Å²) in [6, 6.07) is 6.39. The Kier molecular flexibility index (Phi) is 4.84. The molecule has 0 aliphatic carbocycles. The van der Waals surface area contributed by atoms with E-state index in [1.807, 2.05) is 7.05 Å². The van der Waals surface area contributed by atoms with Gasteiger partial charge in [0.15, 0.2) is 0 Å². The van der Waals surface area contributed by atoms with Gasteiger partial charge in [0.1, 0.15) is 5.82 Å². The Balaban J connectivity index is 2.06. The van der Waals surface area contributed by atoms with E-state index in [0.29, 0.717) is 30.1 Å². The van der Waals surface area contributed by atoms with E-state index in [-0.39, 0.29) is 5.82 Å². The largest absolute Gasteiger partial charge is 0.339 e. The number of benzene rings is 1. The molecule has 0 saturated heterocycles. The second kappa shape index (κ2) is 6.61. The summed E-state index contributed by atoms with van der Waals surface area (Å²) < 4.78 is 18.1. The normalized spacial score (nSPS) is 12.8. The van der Waals surface area contributed by atoms with Crippen LogP contribution in [-0.2, 0) is 6.42 Å². The first-order valence-electron chi connectivity index (χ1n) is 6.84. The molecule has 0 aliphatic heterocycles. The van der Waals surface area contributed by atoms with Gasteiger partial charge in [-0.05, 0) is 43.7 Å². The maximum Gasteiger partial charge on any atom is 0.228 e. The number of rotatable bonds is 6. The second-order valence-electron chi connectivity index (χ2n) is 5.34. The van der Waals surface area contributed by atoms with Crippen LogP contribution >= 0.6 is 0 Å². The molecule has 108 valence electrons. The van der Waals surface area contributed by atoms with Gasteiger partial charge in [0.2, 0.25) is 11.7 Å². The molecule has 1 atom stereocenters. The highest BCUT2D eigenvalue weighted by Gasteiger charge is 2.15. The zero-order valence-electron chi connectivity index (χ0n) is 12.1. The van der Waals surface area contributed by atoms with Gasteiger partial charge < -0.3 is 9.84 Å². The first kappa shape index (κ1) is 14.7. The van der Waals surface area contributed by atoms with Crippen LogP contribution in [-0.4, -0.2) is 23.2 Å². The fourth-order valence-corrected chi connectivity index (χ4v) is 2.14. The fourth-order valence-electron chi connectivity index (χ4n) is 2.14. The van der Waals surface area contributed by atoms with E-state index in [2.05, 4.69) is 29.3 Å². The number of halogens is 1. The third-order valence-electron chi connectivity index (χ3n) is 3.16. The molecule has 4 nitrogen and oxygen atoms in total. The highest BCUT2D eigenvalue weighted by atomic mass is 19.1. The second-order valence-corrected chi connectivity index (χ2v) is 5.34. The SMILES string of the molecule is CNC(Cc1nc(-c2ccc(F)cc2)no1)CC(C)C. The van der Waals surface area contributed by atoms with E-state index in [1.54, 1.807) is 12.1 Å². The molecule has 1 N–H and O–H groups in total. The fraction of sp³-hybridized carbons (Fsp3) is 0.467. The number of aromatic nitrogens is 2. The number of hydrogen-bond acceptors (Lipinski definition) is 4. The Bertz CT molecular complexity index is 536. The van der Waals surface area contributed by atoms with Crippen molar-refractivity contribution in [3.8, 4) is 11.4 Å². The summed E-state index contributed by atoms with van der Waals surface area (Å²) in [6.07, 6.45) is 1.74. The van der Waals surface area contributed by atoms with Crippen LogP contribution in [0.25, 0.3) is 11.4 Å². The Hall–Kier alpha value is -1.75. The van der Waals surface area contributed by atoms with Gasteiger partial charge in [-0.2, -0.15) is 4.98 Å². The summed E-state index contributed by atoms with van der Waals surface area (Å²) in [5, 5.41) is 7.21. The monoisotopic (exact) mass is 277 g/mol. The lowest BCUT2D eigenvalue weighted by Crippen LogP contribution is -2.29.